The zero-order valence-electron chi connectivity index (χ0n) is 10.4. The average Bonchev–Trinajstić information content (AvgIpc) is 2.36. The Hall–Kier alpha value is -1.91. The molecule has 1 aromatic rings. The highest BCUT2D eigenvalue weighted by Crippen LogP contribution is 2.16. The number of amides is 2. The van der Waals surface area contributed by atoms with E-state index in [1.165, 1.54) is 23.1 Å². The van der Waals surface area contributed by atoms with Crippen molar-refractivity contribution in [3.05, 3.63) is 35.6 Å². The van der Waals surface area contributed by atoms with E-state index in [0.29, 0.717) is 13.1 Å². The predicted octanol–water partition coefficient (Wildman–Crippen LogP) is 1.13. The van der Waals surface area contributed by atoms with Crippen LogP contribution in [0.5, 0.6) is 0 Å². The van der Waals surface area contributed by atoms with Gasteiger partial charge in [-0.2, -0.15) is 0 Å². The summed E-state index contributed by atoms with van der Waals surface area (Å²) in [5, 5.41) is 0. The van der Waals surface area contributed by atoms with Gasteiger partial charge in [0.2, 0.25) is 5.91 Å². The van der Waals surface area contributed by atoms with E-state index in [-0.39, 0.29) is 11.5 Å². The van der Waals surface area contributed by atoms with Gasteiger partial charge < -0.3 is 9.80 Å². The number of piperazine rings is 1. The van der Waals surface area contributed by atoms with Gasteiger partial charge in [-0.1, -0.05) is 12.1 Å². The van der Waals surface area contributed by atoms with Crippen LogP contribution in [0.3, 0.4) is 0 Å². The van der Waals surface area contributed by atoms with E-state index in [2.05, 4.69) is 0 Å². The number of likely N-dealkylation sites (N-methyl/N-ethyl adjacent to an activating group) is 1. The molecule has 1 saturated heterocycles. The number of benzene rings is 1. The first-order valence-corrected chi connectivity index (χ1v) is 5.83. The molecule has 4 nitrogen and oxygen atoms in total. The normalized spacial score (nSPS) is 20.2. The van der Waals surface area contributed by atoms with Gasteiger partial charge in [-0.05, 0) is 19.1 Å². The molecule has 0 saturated carbocycles. The summed E-state index contributed by atoms with van der Waals surface area (Å²) in [6.45, 7) is 2.57. The molecule has 0 aromatic heterocycles. The molecule has 0 bridgehead atoms. The van der Waals surface area contributed by atoms with Crippen molar-refractivity contribution < 1.29 is 14.0 Å². The molecule has 1 aliphatic rings. The van der Waals surface area contributed by atoms with Crippen molar-refractivity contribution in [1.82, 2.24) is 9.80 Å². The van der Waals surface area contributed by atoms with Gasteiger partial charge in [0.05, 0.1) is 5.56 Å². The lowest BCUT2D eigenvalue weighted by molar-refractivity contribution is -0.137. The molecule has 18 heavy (non-hydrogen) atoms. The van der Waals surface area contributed by atoms with Crippen molar-refractivity contribution in [3.8, 4) is 0 Å². The number of hydrogen-bond donors (Lipinski definition) is 0. The van der Waals surface area contributed by atoms with E-state index >= 15 is 0 Å². The zero-order chi connectivity index (χ0) is 13.3. The quantitative estimate of drug-likeness (QED) is 0.749. The first-order valence-electron chi connectivity index (χ1n) is 5.83. The monoisotopic (exact) mass is 250 g/mol. The number of rotatable bonds is 1. The van der Waals surface area contributed by atoms with E-state index in [1.54, 1.807) is 24.9 Å². The SMILES string of the molecule is CC1C(=O)N(C)CCN1C(=O)c1ccccc1F. The Morgan fingerprint density at radius 1 is 1.33 bits per heavy atom. The van der Waals surface area contributed by atoms with Crippen LogP contribution >= 0.6 is 0 Å². The van der Waals surface area contributed by atoms with Gasteiger partial charge in [0, 0.05) is 20.1 Å². The highest BCUT2D eigenvalue weighted by molar-refractivity contribution is 5.98. The average molecular weight is 250 g/mol. The van der Waals surface area contributed by atoms with E-state index in [1.807, 2.05) is 0 Å². The Labute approximate surface area is 105 Å². The minimum absolute atomic E-state index is 0.0155. The lowest BCUT2D eigenvalue weighted by Crippen LogP contribution is -2.56. The van der Waals surface area contributed by atoms with Gasteiger partial charge in [0.1, 0.15) is 11.9 Å². The van der Waals surface area contributed by atoms with Crippen LogP contribution in [-0.4, -0.2) is 47.8 Å². The molecule has 2 rings (SSSR count). The molecule has 1 fully saturated rings. The molecule has 1 atom stereocenters. The molecular weight excluding hydrogens is 235 g/mol. The maximum atomic E-state index is 13.6. The van der Waals surface area contributed by atoms with Crippen LogP contribution in [0, 0.1) is 5.82 Å². The maximum Gasteiger partial charge on any atom is 0.257 e. The third-order valence-electron chi connectivity index (χ3n) is 3.24. The molecule has 2 amide bonds. The summed E-state index contributed by atoms with van der Waals surface area (Å²) in [5.74, 6) is -1.10. The molecule has 0 spiro atoms. The number of carbonyl (C=O) groups excluding carboxylic acids is 2. The number of halogens is 1. The van der Waals surface area contributed by atoms with Crippen LogP contribution in [0.15, 0.2) is 24.3 Å². The van der Waals surface area contributed by atoms with Crippen molar-refractivity contribution in [1.29, 1.82) is 0 Å². The van der Waals surface area contributed by atoms with Crippen molar-refractivity contribution in [2.24, 2.45) is 0 Å². The second-order valence-corrected chi connectivity index (χ2v) is 4.41. The molecule has 1 aromatic carbocycles. The standard InChI is InChI=1S/C13H15FN2O2/c1-9-12(17)15(2)7-8-16(9)13(18)10-5-3-4-6-11(10)14/h3-6,9H,7-8H2,1-2H3. The van der Waals surface area contributed by atoms with Crippen molar-refractivity contribution >= 4 is 11.8 Å². The summed E-state index contributed by atoms with van der Waals surface area (Å²) >= 11 is 0. The van der Waals surface area contributed by atoms with E-state index < -0.39 is 17.8 Å². The Bertz CT molecular complexity index is 490. The third kappa shape index (κ3) is 2.08. The minimum Gasteiger partial charge on any atom is -0.342 e. The van der Waals surface area contributed by atoms with Gasteiger partial charge in [0.15, 0.2) is 0 Å². The third-order valence-corrected chi connectivity index (χ3v) is 3.24. The maximum absolute atomic E-state index is 13.6. The van der Waals surface area contributed by atoms with Gasteiger partial charge in [0.25, 0.3) is 5.91 Å². The minimum atomic E-state index is -0.555. The highest BCUT2D eigenvalue weighted by Gasteiger charge is 2.33. The molecule has 5 heteroatoms. The predicted molar refractivity (Wildman–Crippen MR) is 64.5 cm³/mol. The van der Waals surface area contributed by atoms with Crippen LogP contribution in [0.4, 0.5) is 4.39 Å². The topological polar surface area (TPSA) is 40.6 Å². The lowest BCUT2D eigenvalue weighted by atomic mass is 10.1. The van der Waals surface area contributed by atoms with Gasteiger partial charge in [-0.15, -0.1) is 0 Å². The Morgan fingerprint density at radius 2 is 2.00 bits per heavy atom. The fourth-order valence-electron chi connectivity index (χ4n) is 2.08. The highest BCUT2D eigenvalue weighted by atomic mass is 19.1. The molecule has 0 aliphatic carbocycles. The lowest BCUT2D eigenvalue weighted by Gasteiger charge is -2.37. The summed E-state index contributed by atoms with van der Waals surface area (Å²) in [7, 11) is 1.70. The van der Waals surface area contributed by atoms with Crippen LogP contribution in [0.1, 0.15) is 17.3 Å². The molecule has 1 heterocycles. The molecule has 0 radical (unpaired) electrons. The smallest absolute Gasteiger partial charge is 0.257 e. The van der Waals surface area contributed by atoms with Crippen LogP contribution in [-0.2, 0) is 4.79 Å². The van der Waals surface area contributed by atoms with Crippen LogP contribution < -0.4 is 0 Å². The summed E-state index contributed by atoms with van der Waals surface area (Å²) in [6, 6.07) is 5.28. The van der Waals surface area contributed by atoms with Crippen molar-refractivity contribution in [3.63, 3.8) is 0 Å². The molecule has 96 valence electrons. The van der Waals surface area contributed by atoms with Gasteiger partial charge in [-0.3, -0.25) is 9.59 Å². The fourth-order valence-corrected chi connectivity index (χ4v) is 2.08. The second-order valence-electron chi connectivity index (χ2n) is 4.41. The van der Waals surface area contributed by atoms with Crippen molar-refractivity contribution in [2.75, 3.05) is 20.1 Å². The summed E-state index contributed by atoms with van der Waals surface area (Å²) in [6.07, 6.45) is 0. The van der Waals surface area contributed by atoms with Crippen molar-refractivity contribution in [2.45, 2.75) is 13.0 Å². The number of hydrogen-bond acceptors (Lipinski definition) is 2. The summed E-state index contributed by atoms with van der Waals surface area (Å²) in [4.78, 5) is 27.0. The molecule has 1 unspecified atom stereocenters. The zero-order valence-corrected chi connectivity index (χ0v) is 10.4. The first kappa shape index (κ1) is 12.5. The number of carbonyl (C=O) groups is 2. The largest absolute Gasteiger partial charge is 0.342 e. The summed E-state index contributed by atoms with van der Waals surface area (Å²) < 4.78 is 13.6. The molecular formula is C13H15FN2O2. The fraction of sp³-hybridized carbons (Fsp3) is 0.385. The second kappa shape index (κ2) is 4.76. The summed E-state index contributed by atoms with van der Waals surface area (Å²) in [5.41, 5.74) is 0.0155. The van der Waals surface area contributed by atoms with Gasteiger partial charge >= 0.3 is 0 Å². The van der Waals surface area contributed by atoms with Crippen LogP contribution in [0.25, 0.3) is 0 Å². The van der Waals surface area contributed by atoms with E-state index in [9.17, 15) is 14.0 Å². The Kier molecular flexibility index (Phi) is 3.32. The molecule has 0 N–H and O–H groups in total. The van der Waals surface area contributed by atoms with E-state index in [4.69, 9.17) is 0 Å². The molecule has 1 aliphatic heterocycles. The van der Waals surface area contributed by atoms with Crippen LogP contribution in [0.2, 0.25) is 0 Å². The first-order chi connectivity index (χ1) is 8.52. The van der Waals surface area contributed by atoms with Gasteiger partial charge in [-0.25, -0.2) is 4.39 Å². The number of nitrogens with zero attached hydrogens (tertiary/aromatic N) is 2. The Balaban J connectivity index is 2.25. The van der Waals surface area contributed by atoms with E-state index in [0.717, 1.165) is 0 Å². The Morgan fingerprint density at radius 3 is 2.67 bits per heavy atom.